The molecule has 0 unspecified atom stereocenters. The van der Waals surface area contributed by atoms with Crippen LogP contribution in [0, 0.1) is 0 Å². The van der Waals surface area contributed by atoms with Gasteiger partial charge in [0.2, 0.25) is 11.8 Å². The van der Waals surface area contributed by atoms with E-state index in [1.54, 1.807) is 12.1 Å². The number of thiazole rings is 1. The summed E-state index contributed by atoms with van der Waals surface area (Å²) in [5.41, 5.74) is 4.99. The second-order valence-corrected chi connectivity index (χ2v) is 8.23. The lowest BCUT2D eigenvalue weighted by molar-refractivity contribution is -0.119. The van der Waals surface area contributed by atoms with Crippen LogP contribution in [0.5, 0.6) is 0 Å². The summed E-state index contributed by atoms with van der Waals surface area (Å²) >= 11 is 1.36. The molecule has 8 heteroatoms. The molecule has 31 heavy (non-hydrogen) atoms. The molecule has 7 nitrogen and oxygen atoms in total. The van der Waals surface area contributed by atoms with Crippen LogP contribution >= 0.6 is 11.3 Å². The molecule has 0 atom stereocenters. The Morgan fingerprint density at radius 3 is 2.71 bits per heavy atom. The average Bonchev–Trinajstić information content (AvgIpc) is 3.13. The lowest BCUT2D eigenvalue weighted by atomic mass is 10.0. The Hall–Kier alpha value is -3.52. The van der Waals surface area contributed by atoms with Crippen molar-refractivity contribution in [1.82, 2.24) is 10.3 Å². The maximum Gasteiger partial charge on any atom is 0.257 e. The van der Waals surface area contributed by atoms with Crippen molar-refractivity contribution in [1.29, 1.82) is 0 Å². The topological polar surface area (TPSA) is 100 Å². The monoisotopic (exact) mass is 434 g/mol. The van der Waals surface area contributed by atoms with Crippen LogP contribution in [0.25, 0.3) is 11.3 Å². The first-order valence-electron chi connectivity index (χ1n) is 10.0. The van der Waals surface area contributed by atoms with Crippen molar-refractivity contribution in [2.45, 2.75) is 32.7 Å². The van der Waals surface area contributed by atoms with Gasteiger partial charge in [-0.25, -0.2) is 4.98 Å². The Kier molecular flexibility index (Phi) is 6.08. The highest BCUT2D eigenvalue weighted by Crippen LogP contribution is 2.27. The van der Waals surface area contributed by atoms with Gasteiger partial charge in [0.15, 0.2) is 5.13 Å². The maximum atomic E-state index is 12.7. The number of aromatic nitrogens is 1. The number of hydrogen-bond donors (Lipinski definition) is 3. The smallest absolute Gasteiger partial charge is 0.257 e. The molecule has 4 rings (SSSR count). The van der Waals surface area contributed by atoms with E-state index in [1.807, 2.05) is 35.7 Å². The van der Waals surface area contributed by atoms with Crippen molar-refractivity contribution in [2.75, 3.05) is 10.6 Å². The average molecular weight is 435 g/mol. The second-order valence-electron chi connectivity index (χ2n) is 7.37. The molecule has 3 N–H and O–H groups in total. The lowest BCUT2D eigenvalue weighted by Crippen LogP contribution is -2.18. The summed E-state index contributed by atoms with van der Waals surface area (Å²) in [6.45, 7) is 1.97. The predicted molar refractivity (Wildman–Crippen MR) is 121 cm³/mol. The molecular weight excluding hydrogens is 412 g/mol. The van der Waals surface area contributed by atoms with Crippen LogP contribution in [0.2, 0.25) is 0 Å². The van der Waals surface area contributed by atoms with E-state index >= 15 is 0 Å². The Bertz CT molecular complexity index is 1140. The highest BCUT2D eigenvalue weighted by molar-refractivity contribution is 7.14. The Morgan fingerprint density at radius 2 is 1.94 bits per heavy atom. The molecule has 0 spiro atoms. The Morgan fingerprint density at radius 1 is 1.13 bits per heavy atom. The van der Waals surface area contributed by atoms with Gasteiger partial charge < -0.3 is 10.6 Å². The number of aryl methyl sites for hydroxylation is 1. The quantitative estimate of drug-likeness (QED) is 0.566. The fourth-order valence-corrected chi connectivity index (χ4v) is 4.08. The molecule has 158 valence electrons. The van der Waals surface area contributed by atoms with Gasteiger partial charge in [-0.3, -0.25) is 19.7 Å². The van der Waals surface area contributed by atoms with Crippen molar-refractivity contribution < 1.29 is 14.4 Å². The number of nitrogens with zero attached hydrogens (tertiary/aromatic N) is 1. The van der Waals surface area contributed by atoms with E-state index in [0.29, 0.717) is 23.7 Å². The number of amides is 3. The van der Waals surface area contributed by atoms with Crippen molar-refractivity contribution in [3.05, 3.63) is 64.5 Å². The van der Waals surface area contributed by atoms with Crippen LogP contribution in [0.3, 0.4) is 0 Å². The summed E-state index contributed by atoms with van der Waals surface area (Å²) in [5.74, 6) is -0.289. The minimum Gasteiger partial charge on any atom is -0.352 e. The molecule has 0 bridgehead atoms. The van der Waals surface area contributed by atoms with Crippen molar-refractivity contribution >= 4 is 39.9 Å². The number of anilines is 2. The summed E-state index contributed by atoms with van der Waals surface area (Å²) in [7, 11) is 0. The van der Waals surface area contributed by atoms with Gasteiger partial charge in [-0.05, 0) is 42.2 Å². The number of benzene rings is 2. The summed E-state index contributed by atoms with van der Waals surface area (Å²) in [6.07, 6.45) is 2.02. The Balaban J connectivity index is 1.43. The number of nitrogens with one attached hydrogen (secondary N) is 3. The van der Waals surface area contributed by atoms with Crippen LogP contribution in [0.1, 0.15) is 41.3 Å². The summed E-state index contributed by atoms with van der Waals surface area (Å²) in [4.78, 5) is 39.9. The first-order chi connectivity index (χ1) is 15.0. The first kappa shape index (κ1) is 20.7. The number of carbonyl (C=O) groups is 3. The molecular formula is C23H22N4O3S. The highest BCUT2D eigenvalue weighted by Gasteiger charge is 2.16. The zero-order valence-electron chi connectivity index (χ0n) is 17.0. The fourth-order valence-electron chi connectivity index (χ4n) is 3.37. The second kappa shape index (κ2) is 9.09. The standard InChI is InChI=1S/C23H22N4O3S/c1-14(28)24-12-15-5-7-16(8-6-15)20-13-31-23(26-20)27-22(30)18-9-10-19-17(11-18)3-2-4-21(29)25-19/h5-11,13H,2-4,12H2,1H3,(H,24,28)(H,25,29)(H,26,27,30). The van der Waals surface area contributed by atoms with E-state index in [4.69, 9.17) is 0 Å². The summed E-state index contributed by atoms with van der Waals surface area (Å²) < 4.78 is 0. The van der Waals surface area contributed by atoms with Gasteiger partial charge >= 0.3 is 0 Å². The molecule has 3 amide bonds. The van der Waals surface area contributed by atoms with Crippen LogP contribution < -0.4 is 16.0 Å². The van der Waals surface area contributed by atoms with E-state index in [0.717, 1.165) is 40.9 Å². The molecule has 1 aliphatic heterocycles. The number of fused-ring (bicyclic) bond motifs is 1. The van der Waals surface area contributed by atoms with Gasteiger partial charge in [0.05, 0.1) is 5.69 Å². The van der Waals surface area contributed by atoms with Crippen molar-refractivity contribution in [3.63, 3.8) is 0 Å². The van der Waals surface area contributed by atoms with E-state index in [2.05, 4.69) is 20.9 Å². The van der Waals surface area contributed by atoms with Crippen LogP contribution in [0.4, 0.5) is 10.8 Å². The highest BCUT2D eigenvalue weighted by atomic mass is 32.1. The summed E-state index contributed by atoms with van der Waals surface area (Å²) in [5, 5.41) is 10.9. The van der Waals surface area contributed by atoms with Gasteiger partial charge in [-0.15, -0.1) is 11.3 Å². The maximum absolute atomic E-state index is 12.7. The molecule has 2 aromatic carbocycles. The molecule has 0 saturated heterocycles. The van der Waals surface area contributed by atoms with Crippen LogP contribution in [-0.2, 0) is 22.6 Å². The van der Waals surface area contributed by atoms with E-state index in [9.17, 15) is 14.4 Å². The Labute approximate surface area is 183 Å². The zero-order valence-corrected chi connectivity index (χ0v) is 17.8. The zero-order chi connectivity index (χ0) is 21.8. The van der Waals surface area contributed by atoms with E-state index < -0.39 is 0 Å². The molecule has 1 aliphatic rings. The van der Waals surface area contributed by atoms with Crippen molar-refractivity contribution in [3.8, 4) is 11.3 Å². The fraction of sp³-hybridized carbons (Fsp3) is 0.217. The van der Waals surface area contributed by atoms with Crippen molar-refractivity contribution in [2.24, 2.45) is 0 Å². The number of rotatable bonds is 5. The third kappa shape index (κ3) is 5.16. The molecule has 3 aromatic rings. The number of hydrogen-bond acceptors (Lipinski definition) is 5. The van der Waals surface area contributed by atoms with Gasteiger partial charge in [-0.1, -0.05) is 24.3 Å². The van der Waals surface area contributed by atoms with Crippen LogP contribution in [-0.4, -0.2) is 22.7 Å². The first-order valence-corrected chi connectivity index (χ1v) is 10.9. The molecule has 0 aliphatic carbocycles. The summed E-state index contributed by atoms with van der Waals surface area (Å²) in [6, 6.07) is 13.1. The normalized spacial score (nSPS) is 13.0. The SMILES string of the molecule is CC(=O)NCc1ccc(-c2csc(NC(=O)c3ccc4c(c3)CCCC(=O)N4)n2)cc1. The molecule has 0 fully saturated rings. The van der Waals surface area contributed by atoms with Crippen LogP contribution in [0.15, 0.2) is 47.8 Å². The number of carbonyl (C=O) groups excluding carboxylic acids is 3. The van der Waals surface area contributed by atoms with E-state index in [-0.39, 0.29) is 17.7 Å². The molecule has 2 heterocycles. The van der Waals surface area contributed by atoms with Gasteiger partial charge in [0, 0.05) is 42.1 Å². The third-order valence-corrected chi connectivity index (χ3v) is 5.77. The largest absolute Gasteiger partial charge is 0.352 e. The van der Waals surface area contributed by atoms with Gasteiger partial charge in [0.1, 0.15) is 0 Å². The molecule has 0 radical (unpaired) electrons. The van der Waals surface area contributed by atoms with Gasteiger partial charge in [0.25, 0.3) is 5.91 Å². The van der Waals surface area contributed by atoms with E-state index in [1.165, 1.54) is 18.3 Å². The molecule has 0 saturated carbocycles. The minimum absolute atomic E-state index is 0.00872. The predicted octanol–water partition coefficient (Wildman–Crippen LogP) is 3.97. The van der Waals surface area contributed by atoms with Gasteiger partial charge in [-0.2, -0.15) is 0 Å². The minimum atomic E-state index is -0.232. The molecule has 1 aromatic heterocycles. The lowest BCUT2D eigenvalue weighted by Gasteiger charge is -2.09. The third-order valence-electron chi connectivity index (χ3n) is 5.01.